The van der Waals surface area contributed by atoms with Crippen LogP contribution in [0.3, 0.4) is 0 Å². The Morgan fingerprint density at radius 3 is 2.71 bits per heavy atom. The number of nitrogens with zero attached hydrogens (tertiary/aromatic N) is 1. The zero-order valence-electron chi connectivity index (χ0n) is 10.6. The Kier molecular flexibility index (Phi) is 5.55. The van der Waals surface area contributed by atoms with Gasteiger partial charge in [0.2, 0.25) is 0 Å². The summed E-state index contributed by atoms with van der Waals surface area (Å²) in [5, 5.41) is 6.29. The van der Waals surface area contributed by atoms with E-state index in [4.69, 9.17) is 0 Å². The highest BCUT2D eigenvalue weighted by Gasteiger charge is 2.16. The Bertz CT molecular complexity index is 440. The summed E-state index contributed by atoms with van der Waals surface area (Å²) >= 11 is 1.60. The molecule has 1 heterocycles. The molecule has 0 saturated carbocycles. The first-order valence-electron chi connectivity index (χ1n) is 5.73. The van der Waals surface area contributed by atoms with E-state index in [1.165, 1.54) is 6.26 Å². The van der Waals surface area contributed by atoms with Crippen LogP contribution < -0.4 is 5.32 Å². The smallest absolute Gasteiger partial charge is 0.148 e. The maximum atomic E-state index is 11.3. The van der Waals surface area contributed by atoms with Gasteiger partial charge in [-0.15, -0.1) is 11.3 Å². The number of hydrogen-bond donors (Lipinski definition) is 1. The van der Waals surface area contributed by atoms with E-state index in [0.29, 0.717) is 6.42 Å². The zero-order valence-corrected chi connectivity index (χ0v) is 12.2. The van der Waals surface area contributed by atoms with Crippen LogP contribution in [0.25, 0.3) is 0 Å². The molecule has 0 amide bonds. The molecule has 1 unspecified atom stereocenters. The lowest BCUT2D eigenvalue weighted by Crippen LogP contribution is -2.37. The number of aryl methyl sites for hydroxylation is 1. The zero-order chi connectivity index (χ0) is 12.9. The highest BCUT2D eigenvalue weighted by atomic mass is 32.2. The molecule has 1 aromatic heterocycles. The van der Waals surface area contributed by atoms with Crippen molar-refractivity contribution in [2.45, 2.75) is 32.7 Å². The number of aromatic nitrogens is 1. The normalized spacial score (nSPS) is 13.8. The predicted molar refractivity (Wildman–Crippen MR) is 72.3 cm³/mol. The summed E-state index contributed by atoms with van der Waals surface area (Å²) < 4.78 is 22.7. The van der Waals surface area contributed by atoms with E-state index in [-0.39, 0.29) is 11.8 Å². The van der Waals surface area contributed by atoms with Crippen molar-refractivity contribution >= 4 is 21.2 Å². The van der Waals surface area contributed by atoms with Crippen LogP contribution in [0, 0.1) is 6.92 Å². The van der Waals surface area contributed by atoms with Gasteiger partial charge in [-0.2, -0.15) is 0 Å². The van der Waals surface area contributed by atoms with Crippen LogP contribution in [0.2, 0.25) is 0 Å². The summed E-state index contributed by atoms with van der Waals surface area (Å²) in [6, 6.07) is -0.0357. The fraction of sp³-hybridized carbons (Fsp3) is 0.727. The predicted octanol–water partition coefficient (Wildman–Crippen LogP) is 1.41. The topological polar surface area (TPSA) is 59.1 Å². The number of hydrogen-bond acceptors (Lipinski definition) is 5. The van der Waals surface area contributed by atoms with Crippen LogP contribution in [0.1, 0.15) is 24.0 Å². The monoisotopic (exact) mass is 276 g/mol. The van der Waals surface area contributed by atoms with Gasteiger partial charge < -0.3 is 5.32 Å². The summed E-state index contributed by atoms with van der Waals surface area (Å²) in [5.74, 6) is 0.170. The van der Waals surface area contributed by atoms with Gasteiger partial charge in [0.1, 0.15) is 9.84 Å². The molecule has 1 N–H and O–H groups in total. The highest BCUT2D eigenvalue weighted by Crippen LogP contribution is 2.10. The molecular weight excluding hydrogens is 256 g/mol. The molecule has 0 bridgehead atoms. The third kappa shape index (κ3) is 6.14. The Balaban J connectivity index is 2.63. The molecule has 0 fully saturated rings. The molecule has 6 heteroatoms. The molecule has 0 aliphatic heterocycles. The van der Waals surface area contributed by atoms with E-state index in [1.807, 2.05) is 12.3 Å². The first kappa shape index (κ1) is 14.6. The molecule has 0 aliphatic rings. The van der Waals surface area contributed by atoms with E-state index in [0.717, 1.165) is 23.7 Å². The Labute approximate surface area is 107 Å². The van der Waals surface area contributed by atoms with Crippen LogP contribution in [0.15, 0.2) is 5.38 Å². The molecule has 0 aromatic carbocycles. The standard InChI is InChI=1S/C11H20N2O2S2/c1-4-5-12-11(8-17(3,14)15)6-10-7-16-9(2)13-10/h7,11-12H,4-6,8H2,1-3H3. The van der Waals surface area contributed by atoms with Crippen molar-refractivity contribution in [2.75, 3.05) is 18.6 Å². The second-order valence-corrected chi connectivity index (χ2v) is 7.55. The molecule has 0 saturated heterocycles. The minimum Gasteiger partial charge on any atom is -0.313 e. The third-order valence-electron chi connectivity index (χ3n) is 2.31. The van der Waals surface area contributed by atoms with Crippen molar-refractivity contribution in [3.05, 3.63) is 16.1 Å². The van der Waals surface area contributed by atoms with Crippen molar-refractivity contribution in [3.63, 3.8) is 0 Å². The summed E-state index contributed by atoms with van der Waals surface area (Å²) in [6.07, 6.45) is 2.95. The van der Waals surface area contributed by atoms with Gasteiger partial charge >= 0.3 is 0 Å². The largest absolute Gasteiger partial charge is 0.313 e. The quantitative estimate of drug-likeness (QED) is 0.818. The van der Waals surface area contributed by atoms with Gasteiger partial charge in [-0.1, -0.05) is 6.92 Å². The van der Waals surface area contributed by atoms with Gasteiger partial charge in [-0.3, -0.25) is 0 Å². The van der Waals surface area contributed by atoms with Gasteiger partial charge in [0, 0.05) is 24.1 Å². The molecule has 17 heavy (non-hydrogen) atoms. The van der Waals surface area contributed by atoms with E-state index >= 15 is 0 Å². The van der Waals surface area contributed by atoms with Crippen LogP contribution in [-0.4, -0.2) is 38.0 Å². The van der Waals surface area contributed by atoms with Gasteiger partial charge in [-0.05, 0) is 19.9 Å². The number of thiazole rings is 1. The third-order valence-corrected chi connectivity index (χ3v) is 4.14. The van der Waals surface area contributed by atoms with Crippen molar-refractivity contribution < 1.29 is 8.42 Å². The molecule has 1 rings (SSSR count). The molecule has 98 valence electrons. The van der Waals surface area contributed by atoms with E-state index in [2.05, 4.69) is 17.2 Å². The van der Waals surface area contributed by atoms with E-state index in [1.54, 1.807) is 11.3 Å². The average Bonchev–Trinajstić information content (AvgIpc) is 2.58. The molecule has 4 nitrogen and oxygen atoms in total. The van der Waals surface area contributed by atoms with Gasteiger partial charge in [0.25, 0.3) is 0 Å². The Hall–Kier alpha value is -0.460. The summed E-state index contributed by atoms with van der Waals surface area (Å²) in [5.41, 5.74) is 0.977. The fourth-order valence-electron chi connectivity index (χ4n) is 1.66. The van der Waals surface area contributed by atoms with Crippen molar-refractivity contribution in [2.24, 2.45) is 0 Å². The molecule has 0 spiro atoms. The second kappa shape index (κ2) is 6.47. The lowest BCUT2D eigenvalue weighted by Gasteiger charge is -2.16. The lowest BCUT2D eigenvalue weighted by atomic mass is 10.2. The summed E-state index contributed by atoms with van der Waals surface area (Å²) in [4.78, 5) is 4.37. The molecule has 1 atom stereocenters. The summed E-state index contributed by atoms with van der Waals surface area (Å²) in [7, 11) is -2.95. The average molecular weight is 276 g/mol. The highest BCUT2D eigenvalue weighted by molar-refractivity contribution is 7.90. The van der Waals surface area contributed by atoms with E-state index < -0.39 is 9.84 Å². The van der Waals surface area contributed by atoms with Crippen molar-refractivity contribution in [3.8, 4) is 0 Å². The fourth-order valence-corrected chi connectivity index (χ4v) is 3.25. The molecule has 0 radical (unpaired) electrons. The van der Waals surface area contributed by atoms with Gasteiger partial charge in [-0.25, -0.2) is 13.4 Å². The SMILES string of the molecule is CCCNC(Cc1csc(C)n1)CS(C)(=O)=O. The minimum atomic E-state index is -2.95. The maximum Gasteiger partial charge on any atom is 0.148 e. The van der Waals surface area contributed by atoms with Crippen LogP contribution >= 0.6 is 11.3 Å². The van der Waals surface area contributed by atoms with Gasteiger partial charge in [0.05, 0.1) is 16.5 Å². The number of rotatable bonds is 7. The van der Waals surface area contributed by atoms with Gasteiger partial charge in [0.15, 0.2) is 0 Å². The second-order valence-electron chi connectivity index (χ2n) is 4.31. The first-order valence-corrected chi connectivity index (χ1v) is 8.67. The van der Waals surface area contributed by atoms with E-state index in [9.17, 15) is 8.42 Å². The minimum absolute atomic E-state index is 0.0357. The van der Waals surface area contributed by atoms with Crippen LogP contribution in [0.4, 0.5) is 0 Å². The van der Waals surface area contributed by atoms with Crippen LogP contribution in [0.5, 0.6) is 0 Å². The number of sulfone groups is 1. The molecule has 0 aliphatic carbocycles. The molecule has 1 aromatic rings. The summed E-state index contributed by atoms with van der Waals surface area (Å²) in [6.45, 7) is 4.86. The Morgan fingerprint density at radius 1 is 1.53 bits per heavy atom. The van der Waals surface area contributed by atoms with Crippen molar-refractivity contribution in [1.82, 2.24) is 10.3 Å². The molecular formula is C11H20N2O2S2. The Morgan fingerprint density at radius 2 is 2.24 bits per heavy atom. The van der Waals surface area contributed by atoms with Crippen LogP contribution in [-0.2, 0) is 16.3 Å². The maximum absolute atomic E-state index is 11.3. The lowest BCUT2D eigenvalue weighted by molar-refractivity contribution is 0.527. The first-order chi connectivity index (χ1) is 7.90. The number of nitrogens with one attached hydrogen (secondary N) is 1. The van der Waals surface area contributed by atoms with Crippen molar-refractivity contribution in [1.29, 1.82) is 0 Å².